The van der Waals surface area contributed by atoms with E-state index in [1.54, 1.807) is 12.3 Å². The second-order valence-electron chi connectivity index (χ2n) is 8.25. The Balaban J connectivity index is 1.62. The molecule has 1 amide bonds. The molecule has 0 saturated heterocycles. The average molecular weight is 448 g/mol. The van der Waals surface area contributed by atoms with Crippen LogP contribution in [0.25, 0.3) is 0 Å². The molecule has 3 aromatic rings. The van der Waals surface area contributed by atoms with Gasteiger partial charge in [-0.1, -0.05) is 6.07 Å². The molecule has 0 spiro atoms. The molecule has 0 atom stereocenters. The maximum absolute atomic E-state index is 12.8. The lowest BCUT2D eigenvalue weighted by atomic mass is 10.0. The molecular formula is C24H29N7O2. The molecule has 2 aromatic heterocycles. The molecule has 1 aliphatic heterocycles. The molecule has 172 valence electrons. The van der Waals surface area contributed by atoms with Gasteiger partial charge in [0.25, 0.3) is 5.91 Å². The highest BCUT2D eigenvalue weighted by Crippen LogP contribution is 2.24. The summed E-state index contributed by atoms with van der Waals surface area (Å²) >= 11 is 0. The Morgan fingerprint density at radius 3 is 2.79 bits per heavy atom. The minimum absolute atomic E-state index is 0.0108. The van der Waals surface area contributed by atoms with Crippen LogP contribution in [0.5, 0.6) is 0 Å². The fourth-order valence-electron chi connectivity index (χ4n) is 3.67. The molecular weight excluding hydrogens is 418 g/mol. The van der Waals surface area contributed by atoms with Crippen LogP contribution in [0.15, 0.2) is 42.7 Å². The number of pyridine rings is 1. The summed E-state index contributed by atoms with van der Waals surface area (Å²) in [5.41, 5.74) is 5.30. The van der Waals surface area contributed by atoms with E-state index < -0.39 is 0 Å². The van der Waals surface area contributed by atoms with Gasteiger partial charge in [0.1, 0.15) is 11.4 Å². The Kier molecular flexibility index (Phi) is 7.11. The van der Waals surface area contributed by atoms with Crippen molar-refractivity contribution in [3.63, 3.8) is 0 Å². The first-order chi connectivity index (χ1) is 16.0. The van der Waals surface area contributed by atoms with Crippen molar-refractivity contribution >= 4 is 29.0 Å². The number of aromatic nitrogens is 3. The van der Waals surface area contributed by atoms with Crippen molar-refractivity contribution in [2.75, 3.05) is 23.8 Å². The quantitative estimate of drug-likeness (QED) is 0.357. The van der Waals surface area contributed by atoms with Gasteiger partial charge in [-0.05, 0) is 62.2 Å². The fraction of sp³-hybridized carbons (Fsp3) is 0.333. The highest BCUT2D eigenvalue weighted by molar-refractivity contribution is 5.99. The molecule has 0 unspecified atom stereocenters. The van der Waals surface area contributed by atoms with Crippen molar-refractivity contribution in [1.29, 1.82) is 0 Å². The van der Waals surface area contributed by atoms with E-state index in [0.29, 0.717) is 23.8 Å². The van der Waals surface area contributed by atoms with Gasteiger partial charge < -0.3 is 26.4 Å². The Hall–Kier alpha value is -3.56. The first-order valence-electron chi connectivity index (χ1n) is 11.1. The molecule has 33 heavy (non-hydrogen) atoms. The summed E-state index contributed by atoms with van der Waals surface area (Å²) < 4.78 is 0. The monoisotopic (exact) mass is 447 g/mol. The Morgan fingerprint density at radius 1 is 1.12 bits per heavy atom. The number of carbonyl (C=O) groups is 1. The largest absolute Gasteiger partial charge is 0.396 e. The van der Waals surface area contributed by atoms with Crippen molar-refractivity contribution in [2.45, 2.75) is 39.3 Å². The summed E-state index contributed by atoms with van der Waals surface area (Å²) in [4.78, 5) is 26.0. The summed E-state index contributed by atoms with van der Waals surface area (Å²) in [6.45, 7) is 5.65. The molecule has 0 bridgehead atoms. The zero-order chi connectivity index (χ0) is 23.2. The normalized spacial score (nSPS) is 12.8. The van der Waals surface area contributed by atoms with E-state index in [9.17, 15) is 9.90 Å². The van der Waals surface area contributed by atoms with Gasteiger partial charge >= 0.3 is 0 Å². The van der Waals surface area contributed by atoms with Gasteiger partial charge in [-0.15, -0.1) is 0 Å². The number of carbonyl (C=O) groups excluding carboxylic acids is 1. The van der Waals surface area contributed by atoms with Gasteiger partial charge in [0.15, 0.2) is 0 Å². The molecule has 9 heteroatoms. The average Bonchev–Trinajstić information content (AvgIpc) is 2.79. The highest BCUT2D eigenvalue weighted by atomic mass is 16.3. The van der Waals surface area contributed by atoms with Gasteiger partial charge in [-0.25, -0.2) is 4.98 Å². The van der Waals surface area contributed by atoms with E-state index in [2.05, 4.69) is 48.4 Å². The lowest BCUT2D eigenvalue weighted by Gasteiger charge is -2.18. The number of amides is 1. The zero-order valence-corrected chi connectivity index (χ0v) is 18.9. The topological polar surface area (TPSA) is 124 Å². The number of nitrogens with one attached hydrogen (secondary N) is 4. The van der Waals surface area contributed by atoms with Crippen LogP contribution in [0.2, 0.25) is 0 Å². The third-order valence-electron chi connectivity index (χ3n) is 5.25. The molecule has 0 fully saturated rings. The van der Waals surface area contributed by atoms with E-state index in [4.69, 9.17) is 0 Å². The molecule has 4 rings (SSSR count). The van der Waals surface area contributed by atoms with Gasteiger partial charge in [-0.2, -0.15) is 4.98 Å². The lowest BCUT2D eigenvalue weighted by Crippen LogP contribution is -2.31. The van der Waals surface area contributed by atoms with E-state index in [0.717, 1.165) is 36.6 Å². The smallest absolute Gasteiger partial charge is 0.256 e. The number of anilines is 4. The van der Waals surface area contributed by atoms with Gasteiger partial charge in [0, 0.05) is 55.1 Å². The molecule has 5 N–H and O–H groups in total. The minimum Gasteiger partial charge on any atom is -0.396 e. The SMILES string of the molecule is CC(C)NC(=O)c1cnc(Nc2ccc3c(c2)CCNC3)nc1Nc1ccnc(CCO)c1. The zero-order valence-electron chi connectivity index (χ0n) is 18.9. The number of fused-ring (bicyclic) bond motifs is 1. The first kappa shape index (κ1) is 22.6. The van der Waals surface area contributed by atoms with Gasteiger partial charge in [0.2, 0.25) is 5.95 Å². The summed E-state index contributed by atoms with van der Waals surface area (Å²) in [5.74, 6) is 0.510. The van der Waals surface area contributed by atoms with Crippen LogP contribution in [0.4, 0.5) is 23.1 Å². The number of nitrogens with zero attached hydrogens (tertiary/aromatic N) is 3. The molecule has 1 aromatic carbocycles. The second kappa shape index (κ2) is 10.4. The molecule has 9 nitrogen and oxygen atoms in total. The predicted molar refractivity (Wildman–Crippen MR) is 128 cm³/mol. The van der Waals surface area contributed by atoms with Crippen LogP contribution in [0.1, 0.15) is 41.0 Å². The molecule has 3 heterocycles. The van der Waals surface area contributed by atoms with Gasteiger partial charge in [-0.3, -0.25) is 9.78 Å². The lowest BCUT2D eigenvalue weighted by molar-refractivity contribution is 0.0943. The van der Waals surface area contributed by atoms with Crippen molar-refractivity contribution < 1.29 is 9.90 Å². The number of benzene rings is 1. The predicted octanol–water partition coefficient (Wildman–Crippen LogP) is 2.68. The number of aliphatic hydroxyl groups is 1. The van der Waals surface area contributed by atoms with Gasteiger partial charge in [0.05, 0.1) is 0 Å². The fourth-order valence-corrected chi connectivity index (χ4v) is 3.67. The van der Waals surface area contributed by atoms with E-state index in [1.165, 1.54) is 17.3 Å². The molecule has 0 radical (unpaired) electrons. The first-order valence-corrected chi connectivity index (χ1v) is 11.1. The Labute approximate surface area is 193 Å². The van der Waals surface area contributed by atoms with Crippen molar-refractivity contribution in [3.8, 4) is 0 Å². The second-order valence-corrected chi connectivity index (χ2v) is 8.25. The number of rotatable bonds is 8. The summed E-state index contributed by atoms with van der Waals surface area (Å²) in [6, 6.07) is 9.82. The maximum atomic E-state index is 12.8. The van der Waals surface area contributed by atoms with Crippen LogP contribution >= 0.6 is 0 Å². The van der Waals surface area contributed by atoms with Crippen molar-refractivity contribution in [2.24, 2.45) is 0 Å². The summed E-state index contributed by atoms with van der Waals surface area (Å²) in [5, 5.41) is 21.9. The number of hydrogen-bond acceptors (Lipinski definition) is 8. The summed E-state index contributed by atoms with van der Waals surface area (Å²) in [6.07, 6.45) is 4.60. The van der Waals surface area contributed by atoms with Crippen molar-refractivity contribution in [3.05, 3.63) is 65.1 Å². The van der Waals surface area contributed by atoms with Crippen molar-refractivity contribution in [1.82, 2.24) is 25.6 Å². The highest BCUT2D eigenvalue weighted by Gasteiger charge is 2.17. The number of aliphatic hydroxyl groups excluding tert-OH is 1. The van der Waals surface area contributed by atoms with Crippen LogP contribution in [0, 0.1) is 0 Å². The van der Waals surface area contributed by atoms with E-state index >= 15 is 0 Å². The molecule has 0 saturated carbocycles. The number of hydrogen-bond donors (Lipinski definition) is 5. The Bertz CT molecular complexity index is 1130. The third kappa shape index (κ3) is 5.82. The maximum Gasteiger partial charge on any atom is 0.256 e. The standard InChI is InChI=1S/C24H29N7O2/c1-15(2)28-23(33)21-14-27-24(30-19-4-3-17-13-25-8-5-16(17)11-19)31-22(21)29-20-6-9-26-18(12-20)7-10-32/h3-4,6,9,11-12,14-15,25,32H,5,7-8,10,13H2,1-2H3,(H,28,33)(H2,26,27,29,30,31). The third-order valence-corrected chi connectivity index (χ3v) is 5.25. The van der Waals surface area contributed by atoms with Crippen LogP contribution in [-0.2, 0) is 19.4 Å². The van der Waals surface area contributed by atoms with Crippen LogP contribution in [0.3, 0.4) is 0 Å². The van der Waals surface area contributed by atoms with E-state index in [1.807, 2.05) is 26.0 Å². The molecule has 1 aliphatic rings. The van der Waals surface area contributed by atoms with Crippen LogP contribution < -0.4 is 21.3 Å². The van der Waals surface area contributed by atoms with Crippen LogP contribution in [-0.4, -0.2) is 45.2 Å². The molecule has 0 aliphatic carbocycles. The summed E-state index contributed by atoms with van der Waals surface area (Å²) in [7, 11) is 0. The minimum atomic E-state index is -0.259. The Morgan fingerprint density at radius 2 is 1.97 bits per heavy atom. The van der Waals surface area contributed by atoms with E-state index in [-0.39, 0.29) is 18.6 Å².